The van der Waals surface area contributed by atoms with E-state index >= 15 is 0 Å². The van der Waals surface area contributed by atoms with Crippen molar-refractivity contribution < 1.29 is 23.9 Å². The van der Waals surface area contributed by atoms with Gasteiger partial charge in [0.2, 0.25) is 0 Å². The van der Waals surface area contributed by atoms with Gasteiger partial charge in [-0.05, 0) is 64.6 Å². The highest BCUT2D eigenvalue weighted by Crippen LogP contribution is 2.35. The van der Waals surface area contributed by atoms with Crippen molar-refractivity contribution in [1.82, 2.24) is 5.32 Å². The predicted octanol–water partition coefficient (Wildman–Crippen LogP) is 4.84. The molecule has 0 atom stereocenters. The number of methoxy groups -OCH3 is 1. The molecule has 31 heavy (non-hydrogen) atoms. The first-order valence-electron chi connectivity index (χ1n) is 8.74. The van der Waals surface area contributed by atoms with Crippen LogP contribution in [0.5, 0.6) is 11.5 Å². The summed E-state index contributed by atoms with van der Waals surface area (Å²) in [6, 6.07) is 6.73. The van der Waals surface area contributed by atoms with Crippen molar-refractivity contribution >= 4 is 75.4 Å². The Balaban J connectivity index is 2.02. The molecule has 0 radical (unpaired) electrons. The predicted molar refractivity (Wildman–Crippen MR) is 127 cm³/mol. The molecular weight excluding hydrogens is 558 g/mol. The van der Waals surface area contributed by atoms with Crippen LogP contribution in [0.25, 0.3) is 6.08 Å². The number of anilines is 1. The quantitative estimate of drug-likeness (QED) is 0.232. The number of barbiturate groups is 1. The number of amides is 4. The molecule has 0 spiro atoms. The van der Waals surface area contributed by atoms with Gasteiger partial charge in [0.15, 0.2) is 11.5 Å². The molecule has 1 aliphatic rings. The number of halogens is 3. The van der Waals surface area contributed by atoms with Crippen LogP contribution in [0.4, 0.5) is 10.5 Å². The summed E-state index contributed by atoms with van der Waals surface area (Å²) in [6.45, 7) is 3.90. The summed E-state index contributed by atoms with van der Waals surface area (Å²) in [5.74, 6) is -0.681. The minimum Gasteiger partial charge on any atom is -0.493 e. The smallest absolute Gasteiger partial charge is 0.335 e. The molecule has 0 unspecified atom stereocenters. The summed E-state index contributed by atoms with van der Waals surface area (Å²) in [4.78, 5) is 38.6. The maximum atomic E-state index is 13.0. The zero-order chi connectivity index (χ0) is 22.7. The standard InChI is InChI=1S/C21H15Cl2IN2O5/c1-3-6-31-18-16(24)8-11(9-17(18)30-2)7-13-19(27)25-21(29)26(20(13)28)12-4-5-14(22)15(23)10-12/h3-5,7-10H,1,6H2,2H3,(H,25,27,29)/b13-7+. The number of hydrogen-bond acceptors (Lipinski definition) is 5. The fourth-order valence-corrected chi connectivity index (χ4v) is 3.86. The number of carbonyl (C=O) groups excluding carboxylic acids is 3. The first-order valence-corrected chi connectivity index (χ1v) is 10.6. The summed E-state index contributed by atoms with van der Waals surface area (Å²) >= 11 is 14.0. The second kappa shape index (κ2) is 9.71. The van der Waals surface area contributed by atoms with Crippen molar-refractivity contribution in [2.24, 2.45) is 0 Å². The largest absolute Gasteiger partial charge is 0.493 e. The number of nitrogens with zero attached hydrogens (tertiary/aromatic N) is 1. The first-order chi connectivity index (χ1) is 14.8. The van der Waals surface area contributed by atoms with Crippen molar-refractivity contribution in [1.29, 1.82) is 0 Å². The summed E-state index contributed by atoms with van der Waals surface area (Å²) < 4.78 is 11.7. The Hall–Kier alpha value is -2.56. The van der Waals surface area contributed by atoms with Crippen molar-refractivity contribution in [3.63, 3.8) is 0 Å². The molecule has 4 amide bonds. The van der Waals surface area contributed by atoms with Crippen molar-refractivity contribution in [2.75, 3.05) is 18.6 Å². The van der Waals surface area contributed by atoms with E-state index in [-0.39, 0.29) is 27.9 Å². The molecule has 1 fully saturated rings. The molecule has 7 nitrogen and oxygen atoms in total. The fraction of sp³-hybridized carbons (Fsp3) is 0.0952. The van der Waals surface area contributed by atoms with Gasteiger partial charge in [0.25, 0.3) is 11.8 Å². The van der Waals surface area contributed by atoms with Gasteiger partial charge in [0.05, 0.1) is 26.4 Å². The second-order valence-corrected chi connectivity index (χ2v) is 8.17. The van der Waals surface area contributed by atoms with E-state index in [9.17, 15) is 14.4 Å². The van der Waals surface area contributed by atoms with Gasteiger partial charge >= 0.3 is 6.03 Å². The molecular formula is C21H15Cl2IN2O5. The molecule has 3 rings (SSSR count). The Bertz CT molecular complexity index is 1130. The van der Waals surface area contributed by atoms with Gasteiger partial charge in [-0.15, -0.1) is 0 Å². The van der Waals surface area contributed by atoms with E-state index in [4.69, 9.17) is 32.7 Å². The highest BCUT2D eigenvalue weighted by atomic mass is 127. The maximum absolute atomic E-state index is 13.0. The van der Waals surface area contributed by atoms with Gasteiger partial charge in [-0.25, -0.2) is 9.69 Å². The van der Waals surface area contributed by atoms with Crippen LogP contribution in [0.1, 0.15) is 5.56 Å². The highest BCUT2D eigenvalue weighted by Gasteiger charge is 2.37. The van der Waals surface area contributed by atoms with Gasteiger partial charge in [0, 0.05) is 0 Å². The van der Waals surface area contributed by atoms with Crippen LogP contribution in [0.3, 0.4) is 0 Å². The lowest BCUT2D eigenvalue weighted by Crippen LogP contribution is -2.54. The van der Waals surface area contributed by atoms with E-state index in [1.807, 2.05) is 0 Å². The SMILES string of the molecule is C=CCOc1c(I)cc(/C=C2\C(=O)NC(=O)N(c3ccc(Cl)c(Cl)c3)C2=O)cc1OC. The Morgan fingerprint density at radius 2 is 1.90 bits per heavy atom. The first kappa shape index (κ1) is 23.1. The van der Waals surface area contributed by atoms with Gasteiger partial charge in [0.1, 0.15) is 12.2 Å². The number of hydrogen-bond donors (Lipinski definition) is 1. The number of carbonyl (C=O) groups is 3. The van der Waals surface area contributed by atoms with Gasteiger partial charge in [-0.1, -0.05) is 35.9 Å². The number of urea groups is 1. The number of rotatable bonds is 6. The highest BCUT2D eigenvalue weighted by molar-refractivity contribution is 14.1. The molecule has 0 saturated carbocycles. The van der Waals surface area contributed by atoms with E-state index in [1.165, 1.54) is 31.4 Å². The minimum absolute atomic E-state index is 0.164. The lowest BCUT2D eigenvalue weighted by Gasteiger charge is -2.26. The third-order valence-electron chi connectivity index (χ3n) is 4.17. The molecule has 1 aliphatic heterocycles. The van der Waals surface area contributed by atoms with Crippen LogP contribution >= 0.6 is 45.8 Å². The van der Waals surface area contributed by atoms with Crippen molar-refractivity contribution in [3.8, 4) is 11.5 Å². The fourth-order valence-electron chi connectivity index (χ4n) is 2.79. The average molecular weight is 573 g/mol. The van der Waals surface area contributed by atoms with E-state index in [0.29, 0.717) is 20.6 Å². The Labute approximate surface area is 201 Å². The Morgan fingerprint density at radius 3 is 2.55 bits per heavy atom. The minimum atomic E-state index is -0.883. The van der Waals surface area contributed by atoms with E-state index in [1.54, 1.807) is 18.2 Å². The van der Waals surface area contributed by atoms with Crippen molar-refractivity contribution in [2.45, 2.75) is 0 Å². The summed E-state index contributed by atoms with van der Waals surface area (Å²) in [5.41, 5.74) is 0.452. The molecule has 2 aromatic rings. The van der Waals surface area contributed by atoms with Gasteiger partial charge < -0.3 is 9.47 Å². The van der Waals surface area contributed by atoms with Crippen LogP contribution in [-0.2, 0) is 9.59 Å². The zero-order valence-corrected chi connectivity index (χ0v) is 19.7. The number of ether oxygens (including phenoxy) is 2. The summed E-state index contributed by atoms with van der Waals surface area (Å²) in [6.07, 6.45) is 2.97. The molecule has 1 N–H and O–H groups in total. The summed E-state index contributed by atoms with van der Waals surface area (Å²) in [5, 5.41) is 2.59. The lowest BCUT2D eigenvalue weighted by molar-refractivity contribution is -0.122. The zero-order valence-electron chi connectivity index (χ0n) is 16.1. The topological polar surface area (TPSA) is 84.9 Å². The van der Waals surface area contributed by atoms with Crippen molar-refractivity contribution in [3.05, 3.63) is 67.7 Å². The van der Waals surface area contributed by atoms with Crippen LogP contribution in [0.15, 0.2) is 48.6 Å². The van der Waals surface area contributed by atoms with Gasteiger partial charge in [-0.3, -0.25) is 14.9 Å². The van der Waals surface area contributed by atoms with E-state index < -0.39 is 17.8 Å². The van der Waals surface area contributed by atoms with E-state index in [0.717, 1.165) is 4.90 Å². The third kappa shape index (κ3) is 4.86. The molecule has 1 heterocycles. The van der Waals surface area contributed by atoms with Crippen LogP contribution in [0, 0.1) is 3.57 Å². The maximum Gasteiger partial charge on any atom is 0.335 e. The number of imide groups is 2. The molecule has 2 aromatic carbocycles. The molecule has 0 aromatic heterocycles. The van der Waals surface area contributed by atoms with Gasteiger partial charge in [-0.2, -0.15) is 0 Å². The molecule has 10 heteroatoms. The number of benzene rings is 2. The summed E-state index contributed by atoms with van der Waals surface area (Å²) in [7, 11) is 1.48. The lowest BCUT2D eigenvalue weighted by atomic mass is 10.1. The normalized spacial score (nSPS) is 15.2. The molecule has 0 bridgehead atoms. The molecule has 1 saturated heterocycles. The average Bonchev–Trinajstić information content (AvgIpc) is 2.72. The van der Waals surface area contributed by atoms with Crippen LogP contribution in [-0.4, -0.2) is 31.6 Å². The second-order valence-electron chi connectivity index (χ2n) is 6.19. The Morgan fingerprint density at radius 1 is 1.16 bits per heavy atom. The van der Waals surface area contributed by atoms with Crippen LogP contribution < -0.4 is 19.7 Å². The molecule has 160 valence electrons. The van der Waals surface area contributed by atoms with Crippen LogP contribution in [0.2, 0.25) is 10.0 Å². The monoisotopic (exact) mass is 572 g/mol. The molecule has 0 aliphatic carbocycles. The van der Waals surface area contributed by atoms with E-state index in [2.05, 4.69) is 34.5 Å². The third-order valence-corrected chi connectivity index (χ3v) is 5.71. The number of nitrogens with one attached hydrogen (secondary N) is 1. The Kier molecular flexibility index (Phi) is 7.24.